The summed E-state index contributed by atoms with van der Waals surface area (Å²) >= 11 is 0. The van der Waals surface area contributed by atoms with Gasteiger partial charge in [0.2, 0.25) is 0 Å². The van der Waals surface area contributed by atoms with Gasteiger partial charge in [-0.15, -0.1) is 0 Å². The highest BCUT2D eigenvalue weighted by Gasteiger charge is 2.59. The van der Waals surface area contributed by atoms with E-state index in [0.29, 0.717) is 5.92 Å². The predicted octanol–water partition coefficient (Wildman–Crippen LogP) is 4.60. The van der Waals surface area contributed by atoms with E-state index in [1.807, 2.05) is 6.92 Å². The Morgan fingerprint density at radius 2 is 1.90 bits per heavy atom. The number of rotatable bonds is 3. The Morgan fingerprint density at radius 3 is 2.48 bits per heavy atom. The number of carbonyl (C=O) groups excluding carboxylic acids is 2. The van der Waals surface area contributed by atoms with E-state index >= 15 is 0 Å². The molecule has 162 valence electrons. The van der Waals surface area contributed by atoms with Gasteiger partial charge in [-0.25, -0.2) is 0 Å². The van der Waals surface area contributed by atoms with Gasteiger partial charge in [0.25, 0.3) is 0 Å². The maximum Gasteiger partial charge on any atom is 0.303 e. The fourth-order valence-corrected chi connectivity index (χ4v) is 5.98. The van der Waals surface area contributed by atoms with Gasteiger partial charge in [-0.1, -0.05) is 31.1 Å². The Balaban J connectivity index is 2.12. The lowest BCUT2D eigenvalue weighted by Gasteiger charge is -2.46. The molecule has 2 heterocycles. The summed E-state index contributed by atoms with van der Waals surface area (Å²) in [6.45, 7) is 13.6. The molecule has 1 aliphatic carbocycles. The zero-order valence-electron chi connectivity index (χ0n) is 18.9. The van der Waals surface area contributed by atoms with Gasteiger partial charge < -0.3 is 14.2 Å². The number of ether oxygens (including phenoxy) is 3. The molecule has 1 saturated heterocycles. The lowest BCUT2D eigenvalue weighted by atomic mass is 9.62. The molecule has 0 aromatic carbocycles. The van der Waals surface area contributed by atoms with Gasteiger partial charge in [0.1, 0.15) is 17.8 Å². The number of fused-ring (bicyclic) bond motifs is 5. The van der Waals surface area contributed by atoms with Crippen LogP contribution in [-0.4, -0.2) is 35.9 Å². The molecule has 2 aliphatic heterocycles. The van der Waals surface area contributed by atoms with Crippen LogP contribution in [0.3, 0.4) is 0 Å². The average Bonchev–Trinajstić information content (AvgIpc) is 2.94. The van der Waals surface area contributed by atoms with Gasteiger partial charge in [-0.05, 0) is 52.0 Å². The molecule has 0 spiro atoms. The zero-order valence-corrected chi connectivity index (χ0v) is 18.9. The minimum atomic E-state index is -0.712. The maximum absolute atomic E-state index is 12.0. The molecule has 0 saturated carbocycles. The minimum Gasteiger partial charge on any atom is -0.458 e. The average molecular weight is 405 g/mol. The Morgan fingerprint density at radius 1 is 1.21 bits per heavy atom. The zero-order chi connectivity index (χ0) is 21.5. The van der Waals surface area contributed by atoms with Gasteiger partial charge in [-0.2, -0.15) is 0 Å². The van der Waals surface area contributed by atoms with Crippen molar-refractivity contribution in [2.75, 3.05) is 0 Å². The van der Waals surface area contributed by atoms with Crippen LogP contribution in [0.2, 0.25) is 0 Å². The second-order valence-corrected chi connectivity index (χ2v) is 9.70. The van der Waals surface area contributed by atoms with Crippen molar-refractivity contribution in [2.45, 2.75) is 91.6 Å². The maximum atomic E-state index is 12.0. The van der Waals surface area contributed by atoms with E-state index in [9.17, 15) is 9.59 Å². The second kappa shape index (κ2) is 8.25. The van der Waals surface area contributed by atoms with Crippen molar-refractivity contribution in [3.63, 3.8) is 0 Å². The first-order chi connectivity index (χ1) is 13.5. The number of carbonyl (C=O) groups is 2. The van der Waals surface area contributed by atoms with Crippen LogP contribution in [0.4, 0.5) is 0 Å². The summed E-state index contributed by atoms with van der Waals surface area (Å²) in [5.41, 5.74) is 1.82. The number of hydrogen-bond acceptors (Lipinski definition) is 5. The highest BCUT2D eigenvalue weighted by Crippen LogP contribution is 2.54. The monoisotopic (exact) mass is 404 g/mol. The van der Waals surface area contributed by atoms with E-state index in [0.717, 1.165) is 19.3 Å². The Kier molecular flexibility index (Phi) is 6.28. The molecule has 5 nitrogen and oxygen atoms in total. The molecule has 0 aromatic rings. The fraction of sp³-hybridized carbons (Fsp3) is 0.750. The summed E-state index contributed by atoms with van der Waals surface area (Å²) in [6.07, 6.45) is 6.37. The van der Waals surface area contributed by atoms with Gasteiger partial charge >= 0.3 is 11.9 Å². The lowest BCUT2D eigenvalue weighted by Crippen LogP contribution is -2.52. The van der Waals surface area contributed by atoms with Crippen molar-refractivity contribution in [2.24, 2.45) is 23.7 Å². The first-order valence-electron chi connectivity index (χ1n) is 10.9. The van der Waals surface area contributed by atoms with E-state index in [1.54, 1.807) is 0 Å². The number of esters is 2. The molecular formula is C24H36O5. The summed E-state index contributed by atoms with van der Waals surface area (Å²) in [5, 5.41) is 0. The van der Waals surface area contributed by atoms with Crippen LogP contribution in [0.15, 0.2) is 23.3 Å². The van der Waals surface area contributed by atoms with Crippen LogP contribution in [0.25, 0.3) is 0 Å². The third-order valence-electron chi connectivity index (χ3n) is 6.97. The van der Waals surface area contributed by atoms with Crippen molar-refractivity contribution >= 4 is 11.9 Å². The SMILES string of the molecule is CC(=O)O[C@@H]1C=C(C)[C@H]2[C@@H]([C@H]1C(C)C)[C@@H]1O[C@H]2C/C(C)=C/CC[C@@]1(C)OC(C)=O. The van der Waals surface area contributed by atoms with Crippen LogP contribution in [0.1, 0.15) is 67.7 Å². The fourth-order valence-electron chi connectivity index (χ4n) is 5.98. The largest absolute Gasteiger partial charge is 0.458 e. The molecule has 0 unspecified atom stereocenters. The molecular weight excluding hydrogens is 368 g/mol. The van der Waals surface area contributed by atoms with Crippen LogP contribution >= 0.6 is 0 Å². The number of allylic oxidation sites excluding steroid dienone is 1. The summed E-state index contributed by atoms with van der Waals surface area (Å²) in [7, 11) is 0. The van der Waals surface area contributed by atoms with Gasteiger partial charge in [0.15, 0.2) is 0 Å². The molecule has 0 radical (unpaired) electrons. The summed E-state index contributed by atoms with van der Waals surface area (Å²) in [4.78, 5) is 23.8. The first kappa shape index (κ1) is 22.1. The molecule has 5 heteroatoms. The van der Waals surface area contributed by atoms with Gasteiger partial charge in [0.05, 0.1) is 6.10 Å². The third-order valence-corrected chi connectivity index (χ3v) is 6.97. The van der Waals surface area contributed by atoms with Crippen LogP contribution in [0, 0.1) is 23.7 Å². The topological polar surface area (TPSA) is 61.8 Å². The van der Waals surface area contributed by atoms with Crippen LogP contribution in [0.5, 0.6) is 0 Å². The highest BCUT2D eigenvalue weighted by molar-refractivity contribution is 5.67. The Bertz CT molecular complexity index is 721. The predicted molar refractivity (Wildman–Crippen MR) is 111 cm³/mol. The van der Waals surface area contributed by atoms with E-state index in [1.165, 1.54) is 25.0 Å². The summed E-state index contributed by atoms with van der Waals surface area (Å²) in [6, 6.07) is 0. The molecule has 1 fully saturated rings. The standard InChI is InChI=1S/C24H36O5/c1-13(2)20-19(27-16(5)25)12-15(4)21-18-11-14(3)9-8-10-24(7,29-17(6)26)23(28-18)22(20)21/h9,12-13,18-23H,8,10-11H2,1-7H3/b14-9+/t18-,19+,20-,21+,22+,23-,24+/m0/s1. The second-order valence-electron chi connectivity index (χ2n) is 9.70. The molecule has 3 rings (SSSR count). The third kappa shape index (κ3) is 4.30. The van der Waals surface area contributed by atoms with Crippen molar-refractivity contribution in [3.05, 3.63) is 23.3 Å². The quantitative estimate of drug-likeness (QED) is 0.508. The van der Waals surface area contributed by atoms with E-state index in [-0.39, 0.29) is 48.0 Å². The molecule has 3 aliphatic rings. The molecule has 29 heavy (non-hydrogen) atoms. The normalized spacial score (nSPS) is 41.2. The highest BCUT2D eigenvalue weighted by atomic mass is 16.6. The Labute approximate surface area is 174 Å². The smallest absolute Gasteiger partial charge is 0.303 e. The van der Waals surface area contributed by atoms with Crippen LogP contribution in [-0.2, 0) is 23.8 Å². The lowest BCUT2D eigenvalue weighted by molar-refractivity contribution is -0.180. The molecule has 0 N–H and O–H groups in total. The molecule has 7 atom stereocenters. The molecule has 0 amide bonds. The van der Waals surface area contributed by atoms with Crippen molar-refractivity contribution < 1.29 is 23.8 Å². The van der Waals surface area contributed by atoms with Crippen molar-refractivity contribution in [1.29, 1.82) is 0 Å². The molecule has 2 bridgehead atoms. The van der Waals surface area contributed by atoms with E-state index < -0.39 is 5.60 Å². The van der Waals surface area contributed by atoms with Gasteiger partial charge in [-0.3, -0.25) is 9.59 Å². The Hall–Kier alpha value is -1.62. The van der Waals surface area contributed by atoms with Crippen molar-refractivity contribution in [3.8, 4) is 0 Å². The summed E-state index contributed by atoms with van der Waals surface area (Å²) in [5.74, 6) is 0.220. The number of hydrogen-bond donors (Lipinski definition) is 0. The minimum absolute atomic E-state index is 0.0463. The summed E-state index contributed by atoms with van der Waals surface area (Å²) < 4.78 is 18.4. The van der Waals surface area contributed by atoms with E-state index in [2.05, 4.69) is 39.8 Å². The van der Waals surface area contributed by atoms with Crippen LogP contribution < -0.4 is 0 Å². The van der Waals surface area contributed by atoms with E-state index in [4.69, 9.17) is 14.2 Å². The first-order valence-corrected chi connectivity index (χ1v) is 10.9. The van der Waals surface area contributed by atoms with Crippen molar-refractivity contribution in [1.82, 2.24) is 0 Å². The molecule has 0 aromatic heterocycles. The van der Waals surface area contributed by atoms with Gasteiger partial charge in [0, 0.05) is 31.6 Å².